The lowest BCUT2D eigenvalue weighted by Gasteiger charge is -2.01. The minimum atomic E-state index is 0.593. The van der Waals surface area contributed by atoms with Crippen LogP contribution in [0.5, 0.6) is 0 Å². The Morgan fingerprint density at radius 1 is 1.75 bits per heavy atom. The quantitative estimate of drug-likeness (QED) is 0.475. The van der Waals surface area contributed by atoms with Crippen LogP contribution in [0.2, 0.25) is 0 Å². The minimum absolute atomic E-state index is 0.593. The molecule has 1 atom stereocenters. The van der Waals surface area contributed by atoms with Crippen molar-refractivity contribution in [2.24, 2.45) is 11.8 Å². The molecule has 0 N–H and O–H groups in total. The molecule has 0 nitrogen and oxygen atoms in total. The lowest BCUT2D eigenvalue weighted by Crippen LogP contribution is -1.95. The van der Waals surface area contributed by atoms with Crippen molar-refractivity contribution in [3.8, 4) is 12.3 Å². The maximum absolute atomic E-state index is 5.27. The second-order valence-electron chi connectivity index (χ2n) is 2.52. The van der Waals surface area contributed by atoms with Gasteiger partial charge < -0.3 is 0 Å². The van der Waals surface area contributed by atoms with Crippen LogP contribution in [0.3, 0.4) is 0 Å². The van der Waals surface area contributed by atoms with E-state index >= 15 is 0 Å². The van der Waals surface area contributed by atoms with Gasteiger partial charge in [-0.25, -0.2) is 0 Å². The average Bonchev–Trinajstić information content (AvgIpc) is 2.53. The molecule has 1 fully saturated rings. The van der Waals surface area contributed by atoms with Crippen molar-refractivity contribution in [1.82, 2.24) is 0 Å². The normalized spacial score (nSPS) is 22.0. The van der Waals surface area contributed by atoms with Gasteiger partial charge in [-0.05, 0) is 25.2 Å². The van der Waals surface area contributed by atoms with Gasteiger partial charge in [-0.2, -0.15) is 0 Å². The van der Waals surface area contributed by atoms with Crippen LogP contribution in [-0.4, -0.2) is 0 Å². The Hall–Kier alpha value is -0.440. The van der Waals surface area contributed by atoms with Crippen molar-refractivity contribution in [2.45, 2.75) is 26.2 Å². The lowest BCUT2D eigenvalue weighted by atomic mass is 10.0. The number of hydrogen-bond acceptors (Lipinski definition) is 0. The van der Waals surface area contributed by atoms with Crippen LogP contribution in [0.15, 0.2) is 0 Å². The van der Waals surface area contributed by atoms with E-state index in [4.69, 9.17) is 6.42 Å². The van der Waals surface area contributed by atoms with E-state index in [0.717, 1.165) is 5.92 Å². The predicted octanol–water partition coefficient (Wildman–Crippen LogP) is 2.06. The largest absolute Gasteiger partial charge is 0.120 e. The summed E-state index contributed by atoms with van der Waals surface area (Å²) in [4.78, 5) is 0. The first-order valence-electron chi connectivity index (χ1n) is 3.34. The van der Waals surface area contributed by atoms with Crippen molar-refractivity contribution in [2.75, 3.05) is 0 Å². The fourth-order valence-electron chi connectivity index (χ4n) is 1.09. The number of hydrogen-bond donors (Lipinski definition) is 0. The van der Waals surface area contributed by atoms with Gasteiger partial charge in [0.1, 0.15) is 0 Å². The maximum atomic E-state index is 5.27. The SMILES string of the molecule is C#CC(CC)C1CC1. The third kappa shape index (κ3) is 1.04. The summed E-state index contributed by atoms with van der Waals surface area (Å²) in [5.74, 6) is 4.30. The molecule has 0 spiro atoms. The minimum Gasteiger partial charge on any atom is -0.120 e. The maximum Gasteiger partial charge on any atom is 0.0225 e. The molecule has 0 radical (unpaired) electrons. The molecular weight excluding hydrogens is 96.1 g/mol. The highest BCUT2D eigenvalue weighted by atomic mass is 14.3. The molecule has 0 heterocycles. The molecule has 0 aliphatic heterocycles. The first-order valence-corrected chi connectivity index (χ1v) is 3.34. The average molecular weight is 108 g/mol. The molecule has 1 aliphatic carbocycles. The van der Waals surface area contributed by atoms with Gasteiger partial charge >= 0.3 is 0 Å². The van der Waals surface area contributed by atoms with Crippen molar-refractivity contribution >= 4 is 0 Å². The standard InChI is InChI=1S/C8H12/c1-3-7(4-2)8-5-6-8/h1,7-8H,4-6H2,2H3. The van der Waals surface area contributed by atoms with Gasteiger partial charge in [-0.15, -0.1) is 12.3 Å². The van der Waals surface area contributed by atoms with Crippen LogP contribution in [0.25, 0.3) is 0 Å². The molecule has 1 unspecified atom stereocenters. The van der Waals surface area contributed by atoms with Crippen molar-refractivity contribution in [1.29, 1.82) is 0 Å². The zero-order valence-electron chi connectivity index (χ0n) is 5.35. The van der Waals surface area contributed by atoms with Gasteiger partial charge in [0.25, 0.3) is 0 Å². The molecule has 1 rings (SSSR count). The molecule has 1 aliphatic rings. The smallest absolute Gasteiger partial charge is 0.0225 e. The van der Waals surface area contributed by atoms with E-state index in [-0.39, 0.29) is 0 Å². The second-order valence-corrected chi connectivity index (χ2v) is 2.52. The Bertz CT molecular complexity index is 104. The summed E-state index contributed by atoms with van der Waals surface area (Å²) < 4.78 is 0. The van der Waals surface area contributed by atoms with E-state index < -0.39 is 0 Å². The van der Waals surface area contributed by atoms with Crippen LogP contribution in [0.4, 0.5) is 0 Å². The zero-order chi connectivity index (χ0) is 5.98. The summed E-state index contributed by atoms with van der Waals surface area (Å²) in [5.41, 5.74) is 0. The van der Waals surface area contributed by atoms with Crippen LogP contribution in [0.1, 0.15) is 26.2 Å². The Morgan fingerprint density at radius 3 is 2.50 bits per heavy atom. The molecule has 0 aromatic heterocycles. The van der Waals surface area contributed by atoms with Crippen molar-refractivity contribution in [3.63, 3.8) is 0 Å². The first-order chi connectivity index (χ1) is 3.88. The Kier molecular flexibility index (Phi) is 1.58. The molecule has 44 valence electrons. The number of rotatable bonds is 2. The van der Waals surface area contributed by atoms with Gasteiger partial charge in [-0.1, -0.05) is 6.92 Å². The van der Waals surface area contributed by atoms with Crippen molar-refractivity contribution < 1.29 is 0 Å². The summed E-state index contributed by atoms with van der Waals surface area (Å²) >= 11 is 0. The third-order valence-electron chi connectivity index (χ3n) is 1.84. The highest BCUT2D eigenvalue weighted by Gasteiger charge is 2.27. The Morgan fingerprint density at radius 2 is 2.38 bits per heavy atom. The third-order valence-corrected chi connectivity index (χ3v) is 1.84. The number of terminal acetylenes is 1. The van der Waals surface area contributed by atoms with Crippen molar-refractivity contribution in [3.05, 3.63) is 0 Å². The van der Waals surface area contributed by atoms with Crippen LogP contribution >= 0.6 is 0 Å². The van der Waals surface area contributed by atoms with E-state index in [2.05, 4.69) is 12.8 Å². The molecule has 0 bridgehead atoms. The predicted molar refractivity (Wildman–Crippen MR) is 35.3 cm³/mol. The molecule has 8 heavy (non-hydrogen) atoms. The van der Waals surface area contributed by atoms with E-state index in [9.17, 15) is 0 Å². The fourth-order valence-corrected chi connectivity index (χ4v) is 1.09. The molecule has 0 aromatic rings. The summed E-state index contributed by atoms with van der Waals surface area (Å²) in [6.45, 7) is 2.17. The second kappa shape index (κ2) is 2.22. The highest BCUT2D eigenvalue weighted by Crippen LogP contribution is 2.37. The lowest BCUT2D eigenvalue weighted by molar-refractivity contribution is 0.571. The summed E-state index contributed by atoms with van der Waals surface area (Å²) in [5, 5.41) is 0. The van der Waals surface area contributed by atoms with E-state index in [1.807, 2.05) is 0 Å². The summed E-state index contributed by atoms with van der Waals surface area (Å²) in [6.07, 6.45) is 9.20. The highest BCUT2D eigenvalue weighted by molar-refractivity contribution is 4.99. The van der Waals surface area contributed by atoms with E-state index in [1.54, 1.807) is 0 Å². The van der Waals surface area contributed by atoms with Crippen LogP contribution in [-0.2, 0) is 0 Å². The summed E-state index contributed by atoms with van der Waals surface area (Å²) in [7, 11) is 0. The van der Waals surface area contributed by atoms with E-state index in [0.29, 0.717) is 5.92 Å². The van der Waals surface area contributed by atoms with Gasteiger partial charge in [-0.3, -0.25) is 0 Å². The first kappa shape index (κ1) is 5.69. The van der Waals surface area contributed by atoms with Crippen LogP contribution < -0.4 is 0 Å². The van der Waals surface area contributed by atoms with Gasteiger partial charge in [0, 0.05) is 5.92 Å². The van der Waals surface area contributed by atoms with Gasteiger partial charge in [0.2, 0.25) is 0 Å². The zero-order valence-corrected chi connectivity index (χ0v) is 5.35. The summed E-state index contributed by atoms with van der Waals surface area (Å²) in [6, 6.07) is 0. The molecule has 1 saturated carbocycles. The Balaban J connectivity index is 2.29. The monoisotopic (exact) mass is 108 g/mol. The molecule has 0 heteroatoms. The van der Waals surface area contributed by atoms with E-state index in [1.165, 1.54) is 19.3 Å². The Labute approximate surface area is 51.3 Å². The van der Waals surface area contributed by atoms with Gasteiger partial charge in [0.05, 0.1) is 0 Å². The topological polar surface area (TPSA) is 0 Å². The molecule has 0 saturated heterocycles. The van der Waals surface area contributed by atoms with Crippen LogP contribution in [0, 0.1) is 24.2 Å². The molecule has 0 aromatic carbocycles. The fraction of sp³-hybridized carbons (Fsp3) is 0.750. The van der Waals surface area contributed by atoms with Gasteiger partial charge in [0.15, 0.2) is 0 Å². The molecular formula is C8H12. The molecule has 0 amide bonds.